The quantitative estimate of drug-likeness (QED) is 0.387. The van der Waals surface area contributed by atoms with Crippen LogP contribution in [0.2, 0.25) is 0 Å². The number of hydrogen-bond acceptors (Lipinski definition) is 5. The Labute approximate surface area is 109 Å². The van der Waals surface area contributed by atoms with E-state index in [9.17, 15) is 9.36 Å². The van der Waals surface area contributed by atoms with Crippen molar-refractivity contribution in [2.24, 2.45) is 5.92 Å². The lowest BCUT2D eigenvalue weighted by Gasteiger charge is -2.19. The molecule has 0 N–H and O–H groups in total. The lowest BCUT2D eigenvalue weighted by molar-refractivity contribution is -0.137. The number of allylic oxidation sites excluding steroid dienone is 1. The molecule has 0 aliphatic heterocycles. The molecule has 0 aromatic heterocycles. The van der Waals surface area contributed by atoms with Crippen molar-refractivity contribution < 1.29 is 23.1 Å². The average Bonchev–Trinajstić information content (AvgIpc) is 2.26. The largest absolute Gasteiger partial charge is 0.462 e. The Morgan fingerprint density at radius 2 is 1.61 bits per heavy atom. The number of esters is 1. The molecule has 0 rings (SSSR count). The van der Waals surface area contributed by atoms with Gasteiger partial charge in [0.15, 0.2) is 0 Å². The van der Waals surface area contributed by atoms with Crippen molar-refractivity contribution >= 4 is 13.6 Å². The second-order valence-corrected chi connectivity index (χ2v) is 5.84. The van der Waals surface area contributed by atoms with E-state index in [1.165, 1.54) is 0 Å². The van der Waals surface area contributed by atoms with Gasteiger partial charge in [0.2, 0.25) is 0 Å². The van der Waals surface area contributed by atoms with Gasteiger partial charge in [-0.05, 0) is 26.7 Å². The van der Waals surface area contributed by atoms with Crippen LogP contribution >= 0.6 is 7.60 Å². The van der Waals surface area contributed by atoms with Crippen molar-refractivity contribution in [3.05, 3.63) is 11.4 Å². The number of rotatable bonds is 8. The highest BCUT2D eigenvalue weighted by Crippen LogP contribution is 2.56. The molecule has 0 fully saturated rings. The minimum Gasteiger partial charge on any atom is -0.462 e. The van der Waals surface area contributed by atoms with Crippen molar-refractivity contribution in [1.29, 1.82) is 0 Å². The van der Waals surface area contributed by atoms with Gasteiger partial charge in [0.1, 0.15) is 5.31 Å². The van der Waals surface area contributed by atoms with Gasteiger partial charge in [-0.3, -0.25) is 4.57 Å². The fourth-order valence-corrected chi connectivity index (χ4v) is 3.11. The molecular formula is C12H23O5P. The smallest absolute Gasteiger partial charge is 0.368 e. The van der Waals surface area contributed by atoms with Crippen LogP contribution in [-0.2, 0) is 23.1 Å². The van der Waals surface area contributed by atoms with Crippen LogP contribution in [0.4, 0.5) is 0 Å². The molecule has 0 radical (unpaired) electrons. The van der Waals surface area contributed by atoms with Crippen LogP contribution in [0, 0.1) is 5.92 Å². The van der Waals surface area contributed by atoms with Gasteiger partial charge in [0.25, 0.3) is 0 Å². The maximum atomic E-state index is 12.6. The average molecular weight is 278 g/mol. The summed E-state index contributed by atoms with van der Waals surface area (Å²) in [6.45, 7) is 9.46. The first-order valence-electron chi connectivity index (χ1n) is 6.19. The standard InChI is InChI=1S/C12H23O5P/c1-6-15-12(13)11(9-10(4)5)18(14,16-7-2)17-8-3/h9-10H,6-8H2,1-5H3/b11-9+. The summed E-state index contributed by atoms with van der Waals surface area (Å²) in [6.07, 6.45) is 1.57. The third-order valence-corrected chi connectivity index (χ3v) is 3.99. The summed E-state index contributed by atoms with van der Waals surface area (Å²) in [7, 11) is -3.58. The fourth-order valence-electron chi connectivity index (χ4n) is 1.31. The minimum atomic E-state index is -3.58. The molecule has 0 spiro atoms. The fraction of sp³-hybridized carbons (Fsp3) is 0.750. The van der Waals surface area contributed by atoms with Crippen LogP contribution in [0.25, 0.3) is 0 Å². The number of hydrogen-bond donors (Lipinski definition) is 0. The zero-order valence-electron chi connectivity index (χ0n) is 11.8. The van der Waals surface area contributed by atoms with E-state index in [4.69, 9.17) is 13.8 Å². The molecule has 0 aliphatic carbocycles. The molecule has 0 unspecified atom stereocenters. The van der Waals surface area contributed by atoms with Crippen molar-refractivity contribution in [2.45, 2.75) is 34.6 Å². The molecule has 0 aromatic rings. The highest BCUT2D eigenvalue weighted by Gasteiger charge is 2.35. The van der Waals surface area contributed by atoms with Crippen LogP contribution in [0.1, 0.15) is 34.6 Å². The molecule has 0 saturated carbocycles. The van der Waals surface area contributed by atoms with Gasteiger partial charge < -0.3 is 13.8 Å². The van der Waals surface area contributed by atoms with E-state index in [1.807, 2.05) is 13.8 Å². The Morgan fingerprint density at radius 1 is 1.11 bits per heavy atom. The third-order valence-electron chi connectivity index (χ3n) is 1.87. The second-order valence-electron chi connectivity index (χ2n) is 3.85. The Morgan fingerprint density at radius 3 is 1.94 bits per heavy atom. The van der Waals surface area contributed by atoms with E-state index < -0.39 is 13.6 Å². The third kappa shape index (κ3) is 5.34. The van der Waals surface area contributed by atoms with Crippen LogP contribution in [0.5, 0.6) is 0 Å². The van der Waals surface area contributed by atoms with E-state index in [2.05, 4.69) is 0 Å². The molecule has 6 heteroatoms. The predicted octanol–water partition coefficient (Wildman–Crippen LogP) is 3.36. The molecule has 0 bridgehead atoms. The van der Waals surface area contributed by atoms with E-state index in [1.54, 1.807) is 26.8 Å². The topological polar surface area (TPSA) is 61.8 Å². The van der Waals surface area contributed by atoms with Gasteiger partial charge in [-0.25, -0.2) is 4.79 Å². The SMILES string of the molecule is CCOC(=O)/C(=C\C(C)C)P(=O)(OCC)OCC. The van der Waals surface area contributed by atoms with Crippen LogP contribution in [0.15, 0.2) is 11.4 Å². The maximum absolute atomic E-state index is 12.6. The molecule has 0 aliphatic rings. The lowest BCUT2D eigenvalue weighted by Crippen LogP contribution is -2.12. The molecule has 0 aromatic carbocycles. The Kier molecular flexibility index (Phi) is 8.16. The minimum absolute atomic E-state index is 0.0111. The van der Waals surface area contributed by atoms with E-state index in [0.29, 0.717) is 0 Å². The van der Waals surface area contributed by atoms with Crippen molar-refractivity contribution in [3.63, 3.8) is 0 Å². The van der Waals surface area contributed by atoms with Crippen LogP contribution in [-0.4, -0.2) is 25.8 Å². The first-order chi connectivity index (χ1) is 8.41. The Balaban J connectivity index is 5.37. The van der Waals surface area contributed by atoms with Crippen molar-refractivity contribution in [2.75, 3.05) is 19.8 Å². The van der Waals surface area contributed by atoms with Crippen LogP contribution < -0.4 is 0 Å². The summed E-state index contributed by atoms with van der Waals surface area (Å²) in [4.78, 5) is 11.9. The van der Waals surface area contributed by atoms with Gasteiger partial charge in [-0.1, -0.05) is 19.9 Å². The molecule has 106 valence electrons. The molecule has 0 heterocycles. The Hall–Kier alpha value is -0.640. The predicted molar refractivity (Wildman–Crippen MR) is 70.4 cm³/mol. The van der Waals surface area contributed by atoms with Gasteiger partial charge in [-0.2, -0.15) is 0 Å². The summed E-state index contributed by atoms with van der Waals surface area (Å²) < 4.78 is 27.8. The first-order valence-corrected chi connectivity index (χ1v) is 7.74. The number of carbonyl (C=O) groups is 1. The molecule has 0 amide bonds. The summed E-state index contributed by atoms with van der Waals surface area (Å²) in [5, 5.41) is -0.0111. The summed E-state index contributed by atoms with van der Waals surface area (Å²) >= 11 is 0. The van der Waals surface area contributed by atoms with Gasteiger partial charge in [0.05, 0.1) is 19.8 Å². The number of carbonyl (C=O) groups excluding carboxylic acids is 1. The zero-order chi connectivity index (χ0) is 14.2. The van der Waals surface area contributed by atoms with Crippen molar-refractivity contribution in [1.82, 2.24) is 0 Å². The second kappa shape index (κ2) is 8.46. The van der Waals surface area contributed by atoms with E-state index >= 15 is 0 Å². The normalized spacial score (nSPS) is 12.9. The van der Waals surface area contributed by atoms with Crippen LogP contribution in [0.3, 0.4) is 0 Å². The highest BCUT2D eigenvalue weighted by molar-refractivity contribution is 7.59. The molecule has 5 nitrogen and oxygen atoms in total. The van der Waals surface area contributed by atoms with E-state index in [-0.39, 0.29) is 31.1 Å². The summed E-state index contributed by atoms with van der Waals surface area (Å²) in [6, 6.07) is 0. The molecular weight excluding hydrogens is 255 g/mol. The van der Waals surface area contributed by atoms with Crippen molar-refractivity contribution in [3.8, 4) is 0 Å². The molecule has 0 atom stereocenters. The highest BCUT2D eigenvalue weighted by atomic mass is 31.2. The first kappa shape index (κ1) is 17.4. The van der Waals surface area contributed by atoms with Gasteiger partial charge in [-0.15, -0.1) is 0 Å². The molecule has 18 heavy (non-hydrogen) atoms. The van der Waals surface area contributed by atoms with Gasteiger partial charge in [0, 0.05) is 0 Å². The Bertz CT molecular complexity index is 325. The zero-order valence-corrected chi connectivity index (χ0v) is 12.7. The maximum Gasteiger partial charge on any atom is 0.368 e. The lowest BCUT2D eigenvalue weighted by atomic mass is 10.2. The monoisotopic (exact) mass is 278 g/mol. The van der Waals surface area contributed by atoms with E-state index in [0.717, 1.165) is 0 Å². The number of ether oxygens (including phenoxy) is 1. The summed E-state index contributed by atoms with van der Waals surface area (Å²) in [5.74, 6) is -0.602. The van der Waals surface area contributed by atoms with Gasteiger partial charge >= 0.3 is 13.6 Å². The molecule has 0 saturated heterocycles. The summed E-state index contributed by atoms with van der Waals surface area (Å²) in [5.41, 5.74) is 0.